The van der Waals surface area contributed by atoms with E-state index in [1.165, 1.54) is 28.6 Å². The molecule has 30 heavy (non-hydrogen) atoms. The summed E-state index contributed by atoms with van der Waals surface area (Å²) >= 11 is 0. The Balaban J connectivity index is 1.80. The number of carbonyl (C=O) groups excluding carboxylic acids is 1. The van der Waals surface area contributed by atoms with Gasteiger partial charge in [-0.25, -0.2) is 17.6 Å². The van der Waals surface area contributed by atoms with Crippen molar-refractivity contribution in [3.8, 4) is 5.75 Å². The smallest absolute Gasteiger partial charge is 0.343 e. The largest absolute Gasteiger partial charge is 0.415 e. The van der Waals surface area contributed by atoms with Crippen molar-refractivity contribution in [3.05, 3.63) is 64.0 Å². The molecule has 3 rings (SSSR count). The summed E-state index contributed by atoms with van der Waals surface area (Å²) in [5, 5.41) is 11.0. The van der Waals surface area contributed by atoms with Crippen LogP contribution in [0.1, 0.15) is 24.2 Å². The molecule has 0 radical (unpaired) electrons. The second-order valence-electron chi connectivity index (χ2n) is 6.86. The molecule has 2 aromatic rings. The highest BCUT2D eigenvalue weighted by atomic mass is 32.2. The van der Waals surface area contributed by atoms with Crippen molar-refractivity contribution in [2.75, 3.05) is 13.1 Å². The predicted molar refractivity (Wildman–Crippen MR) is 103 cm³/mol. The third-order valence-corrected chi connectivity index (χ3v) is 6.28. The van der Waals surface area contributed by atoms with Crippen LogP contribution in [0.4, 0.5) is 10.1 Å². The van der Waals surface area contributed by atoms with Crippen LogP contribution in [-0.4, -0.2) is 48.9 Å². The number of nitro groups is 1. The summed E-state index contributed by atoms with van der Waals surface area (Å²) in [5.41, 5.74) is -0.615. The van der Waals surface area contributed by atoms with Gasteiger partial charge in [-0.1, -0.05) is 0 Å². The van der Waals surface area contributed by atoms with E-state index in [4.69, 9.17) is 9.47 Å². The number of hydrogen-bond donors (Lipinski definition) is 0. The molecule has 0 bridgehead atoms. The second-order valence-corrected chi connectivity index (χ2v) is 8.80. The predicted octanol–water partition coefficient (Wildman–Crippen LogP) is 2.75. The first-order valence-electron chi connectivity index (χ1n) is 8.99. The van der Waals surface area contributed by atoms with Crippen molar-refractivity contribution in [1.29, 1.82) is 0 Å². The van der Waals surface area contributed by atoms with Gasteiger partial charge >= 0.3 is 11.7 Å². The van der Waals surface area contributed by atoms with Crippen LogP contribution in [0.15, 0.2) is 47.4 Å². The fourth-order valence-corrected chi connectivity index (χ4v) is 4.71. The van der Waals surface area contributed by atoms with Crippen LogP contribution in [0, 0.1) is 15.9 Å². The Hall–Kier alpha value is -2.89. The normalized spacial score (nSPS) is 20.0. The number of morpholine rings is 1. The summed E-state index contributed by atoms with van der Waals surface area (Å²) in [5.74, 6) is -2.34. The average molecular weight is 438 g/mol. The highest BCUT2D eigenvalue weighted by Crippen LogP contribution is 2.28. The van der Waals surface area contributed by atoms with Gasteiger partial charge in [0.05, 0.1) is 27.6 Å². The Bertz CT molecular complexity index is 1060. The molecule has 0 amide bonds. The van der Waals surface area contributed by atoms with Gasteiger partial charge in [-0.15, -0.1) is 0 Å². The molecule has 1 fully saturated rings. The van der Waals surface area contributed by atoms with Gasteiger partial charge in [0.1, 0.15) is 5.82 Å². The molecule has 2 aromatic carbocycles. The van der Waals surface area contributed by atoms with Gasteiger partial charge in [-0.2, -0.15) is 4.31 Å². The van der Waals surface area contributed by atoms with Crippen LogP contribution in [0.5, 0.6) is 5.75 Å². The Morgan fingerprint density at radius 1 is 1.17 bits per heavy atom. The van der Waals surface area contributed by atoms with Gasteiger partial charge in [0.15, 0.2) is 0 Å². The van der Waals surface area contributed by atoms with E-state index in [9.17, 15) is 27.7 Å². The molecule has 1 heterocycles. The number of nitro benzene ring substituents is 1. The lowest BCUT2D eigenvalue weighted by atomic mass is 10.2. The summed E-state index contributed by atoms with van der Waals surface area (Å²) in [7, 11) is -3.79. The number of ether oxygens (including phenoxy) is 2. The highest BCUT2D eigenvalue weighted by Gasteiger charge is 2.32. The Labute approximate surface area is 172 Å². The van der Waals surface area contributed by atoms with Crippen molar-refractivity contribution in [2.45, 2.75) is 31.0 Å². The zero-order valence-electron chi connectivity index (χ0n) is 16.1. The number of esters is 1. The molecule has 1 aliphatic heterocycles. The van der Waals surface area contributed by atoms with Crippen molar-refractivity contribution in [2.24, 2.45) is 0 Å². The first-order chi connectivity index (χ1) is 14.1. The molecule has 9 nitrogen and oxygen atoms in total. The third-order valence-electron chi connectivity index (χ3n) is 4.44. The Morgan fingerprint density at radius 3 is 2.33 bits per heavy atom. The molecule has 0 aromatic heterocycles. The van der Waals surface area contributed by atoms with E-state index in [0.717, 1.165) is 18.2 Å². The van der Waals surface area contributed by atoms with Crippen LogP contribution < -0.4 is 4.74 Å². The third kappa shape index (κ3) is 4.64. The SMILES string of the molecule is CC1CN(S(=O)(=O)c2ccc(C(=O)Oc3cc(F)ccc3[N+](=O)[O-])cc2)CC(C)O1. The summed E-state index contributed by atoms with van der Waals surface area (Å²) in [6.45, 7) is 3.98. The topological polar surface area (TPSA) is 116 Å². The molecule has 11 heteroatoms. The number of benzene rings is 2. The Morgan fingerprint density at radius 2 is 1.77 bits per heavy atom. The van der Waals surface area contributed by atoms with Gasteiger partial charge in [-0.3, -0.25) is 10.1 Å². The maximum Gasteiger partial charge on any atom is 0.343 e. The van der Waals surface area contributed by atoms with E-state index in [1.807, 2.05) is 0 Å². The number of rotatable bonds is 5. The number of sulfonamides is 1. The highest BCUT2D eigenvalue weighted by molar-refractivity contribution is 7.89. The van der Waals surface area contributed by atoms with Gasteiger partial charge in [0.25, 0.3) is 0 Å². The standard InChI is InChI=1S/C19H19FN2O7S/c1-12-10-21(11-13(2)28-12)30(26,27)16-6-3-14(4-7-16)19(23)29-18-9-15(20)5-8-17(18)22(24)25/h3-9,12-13H,10-11H2,1-2H3. The van der Waals surface area contributed by atoms with Gasteiger partial charge in [0.2, 0.25) is 15.8 Å². The average Bonchev–Trinajstić information content (AvgIpc) is 2.67. The van der Waals surface area contributed by atoms with E-state index < -0.39 is 38.2 Å². The lowest BCUT2D eigenvalue weighted by molar-refractivity contribution is -0.385. The molecular weight excluding hydrogens is 419 g/mol. The van der Waals surface area contributed by atoms with Gasteiger partial charge < -0.3 is 9.47 Å². The number of nitrogens with zero attached hydrogens (tertiary/aromatic N) is 2. The lowest BCUT2D eigenvalue weighted by Gasteiger charge is -2.34. The zero-order valence-corrected chi connectivity index (χ0v) is 17.0. The number of hydrogen-bond acceptors (Lipinski definition) is 7. The first-order valence-corrected chi connectivity index (χ1v) is 10.4. The molecule has 2 unspecified atom stereocenters. The minimum Gasteiger partial charge on any atom is -0.415 e. The molecule has 2 atom stereocenters. The monoisotopic (exact) mass is 438 g/mol. The quantitative estimate of drug-likeness (QED) is 0.305. The fraction of sp³-hybridized carbons (Fsp3) is 0.316. The second kappa shape index (κ2) is 8.46. The summed E-state index contributed by atoms with van der Waals surface area (Å²) < 4.78 is 50.9. The molecule has 0 saturated carbocycles. The maximum absolute atomic E-state index is 13.4. The number of carbonyl (C=O) groups is 1. The number of halogens is 1. The molecule has 0 spiro atoms. The molecular formula is C19H19FN2O7S. The molecule has 0 aliphatic carbocycles. The van der Waals surface area contributed by atoms with Crippen LogP contribution in [0.2, 0.25) is 0 Å². The van der Waals surface area contributed by atoms with Crippen molar-refractivity contribution in [3.63, 3.8) is 0 Å². The summed E-state index contributed by atoms with van der Waals surface area (Å²) in [4.78, 5) is 22.5. The first kappa shape index (κ1) is 21.8. The molecule has 0 N–H and O–H groups in total. The lowest BCUT2D eigenvalue weighted by Crippen LogP contribution is -2.48. The van der Waals surface area contributed by atoms with Gasteiger partial charge in [0, 0.05) is 25.2 Å². The van der Waals surface area contributed by atoms with E-state index >= 15 is 0 Å². The van der Waals surface area contributed by atoms with Crippen molar-refractivity contribution in [1.82, 2.24) is 4.31 Å². The zero-order chi connectivity index (χ0) is 22.1. The van der Waals surface area contributed by atoms with Crippen LogP contribution in [0.25, 0.3) is 0 Å². The molecule has 1 aliphatic rings. The van der Waals surface area contributed by atoms with Crippen molar-refractivity contribution >= 4 is 21.7 Å². The molecule has 1 saturated heterocycles. The van der Waals surface area contributed by atoms with E-state index in [2.05, 4.69) is 0 Å². The molecule has 160 valence electrons. The van der Waals surface area contributed by atoms with Crippen LogP contribution in [-0.2, 0) is 14.8 Å². The fourth-order valence-electron chi connectivity index (χ4n) is 3.12. The minimum absolute atomic E-state index is 0.0166. The Kier molecular flexibility index (Phi) is 6.15. The minimum atomic E-state index is -3.79. The van der Waals surface area contributed by atoms with Crippen LogP contribution in [0.3, 0.4) is 0 Å². The van der Waals surface area contributed by atoms with E-state index in [0.29, 0.717) is 0 Å². The van der Waals surface area contributed by atoms with Gasteiger partial charge in [-0.05, 0) is 44.2 Å². The van der Waals surface area contributed by atoms with E-state index in [1.54, 1.807) is 13.8 Å². The summed E-state index contributed by atoms with van der Waals surface area (Å²) in [6, 6.07) is 7.45. The maximum atomic E-state index is 13.4. The van der Waals surface area contributed by atoms with E-state index in [-0.39, 0.29) is 35.8 Å². The van der Waals surface area contributed by atoms with Crippen LogP contribution >= 0.6 is 0 Å². The summed E-state index contributed by atoms with van der Waals surface area (Å²) in [6.07, 6.45) is -0.500. The van der Waals surface area contributed by atoms with Crippen molar-refractivity contribution < 1.29 is 32.0 Å².